The van der Waals surface area contributed by atoms with Crippen molar-refractivity contribution in [3.8, 4) is 5.75 Å². The van der Waals surface area contributed by atoms with E-state index in [1.807, 2.05) is 31.2 Å². The van der Waals surface area contributed by atoms with Gasteiger partial charge < -0.3 is 9.67 Å². The van der Waals surface area contributed by atoms with Crippen molar-refractivity contribution in [3.63, 3.8) is 0 Å². The largest absolute Gasteiger partial charge is 0.507 e. The van der Waals surface area contributed by atoms with E-state index in [2.05, 4.69) is 21.7 Å². The molecule has 1 N–H and O–H groups in total. The van der Waals surface area contributed by atoms with Crippen LogP contribution in [-0.2, 0) is 6.54 Å². The minimum atomic E-state index is 0.287. The molecule has 3 aromatic rings. The Morgan fingerprint density at radius 3 is 2.72 bits per heavy atom. The maximum atomic E-state index is 9.82. The van der Waals surface area contributed by atoms with Gasteiger partial charge in [-0.05, 0) is 24.6 Å². The average molecular weight is 238 g/mol. The summed E-state index contributed by atoms with van der Waals surface area (Å²) < 4.78 is 2.12. The molecule has 18 heavy (non-hydrogen) atoms. The molecule has 0 atom stereocenters. The van der Waals surface area contributed by atoms with Crippen LogP contribution in [0, 0.1) is 6.92 Å². The van der Waals surface area contributed by atoms with Gasteiger partial charge >= 0.3 is 0 Å². The topological polar surface area (TPSA) is 38.1 Å². The van der Waals surface area contributed by atoms with Crippen molar-refractivity contribution < 1.29 is 5.11 Å². The van der Waals surface area contributed by atoms with Crippen molar-refractivity contribution in [2.75, 3.05) is 0 Å². The van der Waals surface area contributed by atoms with Crippen molar-refractivity contribution in [3.05, 3.63) is 59.9 Å². The zero-order chi connectivity index (χ0) is 12.5. The molecule has 3 heteroatoms. The van der Waals surface area contributed by atoms with Gasteiger partial charge in [0.15, 0.2) is 0 Å². The van der Waals surface area contributed by atoms with E-state index in [9.17, 15) is 5.11 Å². The first-order chi connectivity index (χ1) is 8.75. The number of pyridine rings is 1. The number of hydrogen-bond donors (Lipinski definition) is 1. The molecule has 0 amide bonds. The van der Waals surface area contributed by atoms with Crippen LogP contribution < -0.4 is 0 Å². The smallest absolute Gasteiger partial charge is 0.144 e. The van der Waals surface area contributed by atoms with Crippen LogP contribution in [0.4, 0.5) is 0 Å². The van der Waals surface area contributed by atoms with Crippen LogP contribution in [0.3, 0.4) is 0 Å². The zero-order valence-electron chi connectivity index (χ0n) is 10.2. The second-order valence-corrected chi connectivity index (χ2v) is 4.42. The normalized spacial score (nSPS) is 10.9. The van der Waals surface area contributed by atoms with Gasteiger partial charge in [-0.25, -0.2) is 4.98 Å². The summed E-state index contributed by atoms with van der Waals surface area (Å²) in [6, 6.07) is 13.8. The van der Waals surface area contributed by atoms with Gasteiger partial charge in [0.25, 0.3) is 0 Å². The van der Waals surface area contributed by atoms with Crippen LogP contribution >= 0.6 is 0 Å². The molecular formula is C15H14N2O. The van der Waals surface area contributed by atoms with Gasteiger partial charge in [-0.3, -0.25) is 0 Å². The first kappa shape index (κ1) is 10.8. The van der Waals surface area contributed by atoms with Crippen LogP contribution in [0.5, 0.6) is 5.75 Å². The number of rotatable bonds is 2. The Hall–Kier alpha value is -2.29. The summed E-state index contributed by atoms with van der Waals surface area (Å²) in [5.41, 5.74) is 3.16. The Kier molecular flexibility index (Phi) is 2.52. The minimum Gasteiger partial charge on any atom is -0.507 e. The van der Waals surface area contributed by atoms with E-state index < -0.39 is 0 Å². The highest BCUT2D eigenvalue weighted by Gasteiger charge is 2.09. The number of aryl methyl sites for hydroxylation is 1. The standard InChI is InChI=1S/C15H14N2O/c1-11-9-13-14(18)7-8-16-15(13)17(11)10-12-5-3-2-4-6-12/h2-9H,10H2,1H3,(H,16,18). The summed E-state index contributed by atoms with van der Waals surface area (Å²) in [4.78, 5) is 4.36. The van der Waals surface area contributed by atoms with Gasteiger partial charge in [0.1, 0.15) is 11.4 Å². The van der Waals surface area contributed by atoms with Gasteiger partial charge in [0.2, 0.25) is 0 Å². The molecule has 3 nitrogen and oxygen atoms in total. The molecule has 0 aliphatic heterocycles. The predicted molar refractivity (Wildman–Crippen MR) is 71.7 cm³/mol. The van der Waals surface area contributed by atoms with E-state index in [1.165, 1.54) is 5.56 Å². The fourth-order valence-electron chi connectivity index (χ4n) is 2.23. The first-order valence-electron chi connectivity index (χ1n) is 5.93. The number of benzene rings is 1. The van der Waals surface area contributed by atoms with Crippen molar-refractivity contribution >= 4 is 11.0 Å². The molecule has 90 valence electrons. The number of aromatic nitrogens is 2. The van der Waals surface area contributed by atoms with Crippen molar-refractivity contribution in [1.82, 2.24) is 9.55 Å². The van der Waals surface area contributed by atoms with Gasteiger partial charge in [0.05, 0.1) is 5.39 Å². The van der Waals surface area contributed by atoms with Crippen molar-refractivity contribution in [2.45, 2.75) is 13.5 Å². The summed E-state index contributed by atoms with van der Waals surface area (Å²) in [6.45, 7) is 2.80. The molecule has 0 spiro atoms. The maximum Gasteiger partial charge on any atom is 0.144 e. The number of fused-ring (bicyclic) bond motifs is 1. The highest BCUT2D eigenvalue weighted by Crippen LogP contribution is 2.26. The molecule has 3 rings (SSSR count). The molecule has 2 heterocycles. The van der Waals surface area contributed by atoms with Crippen LogP contribution in [0.15, 0.2) is 48.7 Å². The number of nitrogens with zero attached hydrogens (tertiary/aromatic N) is 2. The lowest BCUT2D eigenvalue weighted by Crippen LogP contribution is -2.02. The quantitative estimate of drug-likeness (QED) is 0.745. The minimum absolute atomic E-state index is 0.287. The molecule has 1 aromatic carbocycles. The van der Waals surface area contributed by atoms with Gasteiger partial charge in [-0.2, -0.15) is 0 Å². The summed E-state index contributed by atoms with van der Waals surface area (Å²) in [5, 5.41) is 10.6. The summed E-state index contributed by atoms with van der Waals surface area (Å²) in [7, 11) is 0. The molecule has 0 radical (unpaired) electrons. The number of aromatic hydroxyl groups is 1. The Bertz CT molecular complexity index is 686. The second-order valence-electron chi connectivity index (χ2n) is 4.42. The van der Waals surface area contributed by atoms with Gasteiger partial charge in [0, 0.05) is 18.4 Å². The monoisotopic (exact) mass is 238 g/mol. The third kappa shape index (κ3) is 1.74. The Balaban J connectivity index is 2.12. The fraction of sp³-hybridized carbons (Fsp3) is 0.133. The van der Waals surface area contributed by atoms with Crippen molar-refractivity contribution in [2.24, 2.45) is 0 Å². The van der Waals surface area contributed by atoms with E-state index in [0.29, 0.717) is 0 Å². The summed E-state index contributed by atoms with van der Waals surface area (Å²) in [5.74, 6) is 0.287. The third-order valence-electron chi connectivity index (χ3n) is 3.16. The van der Waals surface area contributed by atoms with E-state index in [-0.39, 0.29) is 5.75 Å². The SMILES string of the molecule is Cc1cc2c(O)ccnc2n1Cc1ccccc1. The molecule has 0 saturated carbocycles. The van der Waals surface area contributed by atoms with E-state index >= 15 is 0 Å². The highest BCUT2D eigenvalue weighted by molar-refractivity contribution is 5.83. The van der Waals surface area contributed by atoms with Gasteiger partial charge in [-0.15, -0.1) is 0 Å². The third-order valence-corrected chi connectivity index (χ3v) is 3.16. The predicted octanol–water partition coefficient (Wildman–Crippen LogP) is 3.10. The summed E-state index contributed by atoms with van der Waals surface area (Å²) in [6.07, 6.45) is 1.64. The van der Waals surface area contributed by atoms with Crippen molar-refractivity contribution in [1.29, 1.82) is 0 Å². The molecule has 0 aliphatic carbocycles. The molecular weight excluding hydrogens is 224 g/mol. The van der Waals surface area contributed by atoms with Crippen LogP contribution in [-0.4, -0.2) is 14.7 Å². The summed E-state index contributed by atoms with van der Waals surface area (Å²) >= 11 is 0. The Morgan fingerprint density at radius 2 is 1.94 bits per heavy atom. The van der Waals surface area contributed by atoms with Crippen LogP contribution in [0.25, 0.3) is 11.0 Å². The lowest BCUT2D eigenvalue weighted by molar-refractivity contribution is 0.481. The number of hydrogen-bond acceptors (Lipinski definition) is 2. The lowest BCUT2D eigenvalue weighted by atomic mass is 10.2. The zero-order valence-corrected chi connectivity index (χ0v) is 10.2. The van der Waals surface area contributed by atoms with E-state index in [4.69, 9.17) is 0 Å². The average Bonchev–Trinajstić information content (AvgIpc) is 2.70. The Morgan fingerprint density at radius 1 is 1.17 bits per heavy atom. The fourth-order valence-corrected chi connectivity index (χ4v) is 2.23. The molecule has 0 unspecified atom stereocenters. The maximum absolute atomic E-state index is 9.82. The molecule has 2 aromatic heterocycles. The van der Waals surface area contributed by atoms with Gasteiger partial charge in [-0.1, -0.05) is 30.3 Å². The van der Waals surface area contributed by atoms with E-state index in [0.717, 1.165) is 23.3 Å². The lowest BCUT2D eigenvalue weighted by Gasteiger charge is -2.07. The second kappa shape index (κ2) is 4.18. The molecule has 0 aliphatic rings. The first-order valence-corrected chi connectivity index (χ1v) is 5.93. The van der Waals surface area contributed by atoms with E-state index in [1.54, 1.807) is 12.3 Å². The van der Waals surface area contributed by atoms with Crippen LogP contribution in [0.1, 0.15) is 11.3 Å². The highest BCUT2D eigenvalue weighted by atomic mass is 16.3. The molecule has 0 saturated heterocycles. The molecule has 0 bridgehead atoms. The van der Waals surface area contributed by atoms with Crippen LogP contribution in [0.2, 0.25) is 0 Å². The Labute approximate surface area is 105 Å². The molecule has 0 fully saturated rings.